The third-order valence-electron chi connectivity index (χ3n) is 6.89. The molecule has 0 aromatic heterocycles. The molecule has 0 unspecified atom stereocenters. The van der Waals surface area contributed by atoms with Crippen molar-refractivity contribution in [2.75, 3.05) is 13.7 Å². The van der Waals surface area contributed by atoms with Crippen LogP contribution in [0.4, 0.5) is 0 Å². The van der Waals surface area contributed by atoms with Gasteiger partial charge >= 0.3 is 0 Å². The SMILES string of the molecule is CCCOc1ccc(CNC(=S)NC(=O)C23CC4CC(CC(C4)C2)C3)cc1OC. The highest BCUT2D eigenvalue weighted by Crippen LogP contribution is 2.60. The molecule has 1 amide bonds. The van der Waals surface area contributed by atoms with Gasteiger partial charge in [-0.15, -0.1) is 0 Å². The van der Waals surface area contributed by atoms with Crippen LogP contribution in [0.15, 0.2) is 18.2 Å². The Kier molecular flexibility index (Phi) is 6.00. The average molecular weight is 417 g/mol. The number of amides is 1. The third kappa shape index (κ3) is 4.37. The summed E-state index contributed by atoms with van der Waals surface area (Å²) in [4.78, 5) is 13.1. The molecule has 1 aromatic carbocycles. The van der Waals surface area contributed by atoms with Gasteiger partial charge in [-0.05, 0) is 92.6 Å². The normalized spacial score (nSPS) is 29.4. The maximum atomic E-state index is 13.1. The second kappa shape index (κ2) is 8.50. The first-order valence-electron chi connectivity index (χ1n) is 10.9. The number of ether oxygens (including phenoxy) is 2. The lowest BCUT2D eigenvalue weighted by molar-refractivity contribution is -0.144. The molecular formula is C23H32N2O3S. The van der Waals surface area contributed by atoms with E-state index in [0.29, 0.717) is 24.0 Å². The molecule has 1 aromatic rings. The van der Waals surface area contributed by atoms with Gasteiger partial charge < -0.3 is 20.1 Å². The molecule has 29 heavy (non-hydrogen) atoms. The Labute approximate surface area is 178 Å². The number of carbonyl (C=O) groups is 1. The van der Waals surface area contributed by atoms with Gasteiger partial charge in [-0.2, -0.15) is 0 Å². The molecule has 2 N–H and O–H groups in total. The van der Waals surface area contributed by atoms with Crippen molar-refractivity contribution in [3.63, 3.8) is 0 Å². The fourth-order valence-electron chi connectivity index (χ4n) is 6.00. The molecule has 0 atom stereocenters. The number of hydrogen-bond donors (Lipinski definition) is 2. The summed E-state index contributed by atoms with van der Waals surface area (Å²) < 4.78 is 11.1. The van der Waals surface area contributed by atoms with E-state index in [9.17, 15) is 4.79 Å². The van der Waals surface area contributed by atoms with Gasteiger partial charge in [0.1, 0.15) is 0 Å². The number of methoxy groups -OCH3 is 1. The van der Waals surface area contributed by atoms with Crippen LogP contribution in [0.3, 0.4) is 0 Å². The number of rotatable bonds is 7. The number of benzene rings is 1. The van der Waals surface area contributed by atoms with E-state index in [4.69, 9.17) is 21.7 Å². The first-order chi connectivity index (χ1) is 14.0. The standard InChI is InChI=1S/C23H32N2O3S/c1-3-6-28-19-5-4-15(10-20(19)27-2)14-24-22(29)25-21(26)23-11-16-7-17(12-23)9-18(8-16)13-23/h4-5,10,16-18H,3,6-9,11-14H2,1-2H3,(H2,24,25,26,29). The molecule has 5 nitrogen and oxygen atoms in total. The first-order valence-corrected chi connectivity index (χ1v) is 11.3. The quantitative estimate of drug-likeness (QED) is 0.653. The van der Waals surface area contributed by atoms with Crippen LogP contribution < -0.4 is 20.1 Å². The molecule has 0 spiro atoms. The van der Waals surface area contributed by atoms with Crippen LogP contribution in [0.25, 0.3) is 0 Å². The summed E-state index contributed by atoms with van der Waals surface area (Å²) in [6, 6.07) is 5.86. The maximum Gasteiger partial charge on any atom is 0.232 e. The zero-order chi connectivity index (χ0) is 20.4. The van der Waals surface area contributed by atoms with Crippen molar-refractivity contribution in [1.29, 1.82) is 0 Å². The van der Waals surface area contributed by atoms with Gasteiger partial charge in [0, 0.05) is 6.54 Å². The summed E-state index contributed by atoms with van der Waals surface area (Å²) >= 11 is 5.43. The molecule has 0 heterocycles. The third-order valence-corrected chi connectivity index (χ3v) is 7.14. The second-order valence-electron chi connectivity index (χ2n) is 9.17. The van der Waals surface area contributed by atoms with Gasteiger partial charge in [0.2, 0.25) is 5.91 Å². The fourth-order valence-corrected chi connectivity index (χ4v) is 6.17. The average Bonchev–Trinajstić information content (AvgIpc) is 2.70. The van der Waals surface area contributed by atoms with Crippen LogP contribution in [0.1, 0.15) is 57.4 Å². The first kappa shape index (κ1) is 20.5. The van der Waals surface area contributed by atoms with Crippen molar-refractivity contribution < 1.29 is 14.3 Å². The minimum absolute atomic E-state index is 0.134. The summed E-state index contributed by atoms with van der Waals surface area (Å²) in [6.45, 7) is 3.27. The van der Waals surface area contributed by atoms with Crippen LogP contribution in [-0.2, 0) is 11.3 Å². The van der Waals surface area contributed by atoms with Crippen LogP contribution in [0.2, 0.25) is 0 Å². The Balaban J connectivity index is 1.32. The van der Waals surface area contributed by atoms with Gasteiger partial charge in [-0.1, -0.05) is 13.0 Å². The predicted octanol–water partition coefficient (Wildman–Crippen LogP) is 4.19. The Hall–Kier alpha value is -1.82. The van der Waals surface area contributed by atoms with Crippen molar-refractivity contribution in [3.05, 3.63) is 23.8 Å². The van der Waals surface area contributed by atoms with Crippen molar-refractivity contribution in [1.82, 2.24) is 10.6 Å². The minimum Gasteiger partial charge on any atom is -0.493 e. The molecular weight excluding hydrogens is 384 g/mol. The lowest BCUT2D eigenvalue weighted by Gasteiger charge is -2.55. The Morgan fingerprint density at radius 1 is 1.14 bits per heavy atom. The van der Waals surface area contributed by atoms with Gasteiger partial charge in [0.15, 0.2) is 16.6 Å². The fraction of sp³-hybridized carbons (Fsp3) is 0.652. The summed E-state index contributed by atoms with van der Waals surface area (Å²) in [5, 5.41) is 6.59. The van der Waals surface area contributed by atoms with Crippen LogP contribution in [-0.4, -0.2) is 24.7 Å². The monoisotopic (exact) mass is 416 g/mol. The molecule has 0 radical (unpaired) electrons. The van der Waals surface area contributed by atoms with E-state index in [1.807, 2.05) is 18.2 Å². The summed E-state index contributed by atoms with van der Waals surface area (Å²) in [6.07, 6.45) is 8.07. The largest absolute Gasteiger partial charge is 0.493 e. The molecule has 0 aliphatic heterocycles. The molecule has 4 aliphatic rings. The Morgan fingerprint density at radius 3 is 2.38 bits per heavy atom. The number of thiocarbonyl (C=S) groups is 1. The van der Waals surface area contributed by atoms with E-state index in [0.717, 1.165) is 54.7 Å². The zero-order valence-electron chi connectivity index (χ0n) is 17.5. The highest BCUT2D eigenvalue weighted by molar-refractivity contribution is 7.80. The summed E-state index contributed by atoms with van der Waals surface area (Å²) in [5.74, 6) is 3.82. The predicted molar refractivity (Wildman–Crippen MR) is 117 cm³/mol. The molecule has 0 saturated heterocycles. The molecule has 158 valence electrons. The minimum atomic E-state index is -0.179. The highest BCUT2D eigenvalue weighted by Gasteiger charge is 2.54. The van der Waals surface area contributed by atoms with Crippen molar-refractivity contribution >= 4 is 23.2 Å². The Morgan fingerprint density at radius 2 is 1.79 bits per heavy atom. The lowest BCUT2D eigenvalue weighted by atomic mass is 9.49. The van der Waals surface area contributed by atoms with E-state index in [2.05, 4.69) is 17.6 Å². The van der Waals surface area contributed by atoms with Crippen molar-refractivity contribution in [2.24, 2.45) is 23.2 Å². The van der Waals surface area contributed by atoms with E-state index in [1.165, 1.54) is 19.3 Å². The maximum absolute atomic E-state index is 13.1. The van der Waals surface area contributed by atoms with E-state index >= 15 is 0 Å². The van der Waals surface area contributed by atoms with E-state index < -0.39 is 0 Å². The second-order valence-corrected chi connectivity index (χ2v) is 9.58. The molecule has 4 bridgehead atoms. The molecule has 6 heteroatoms. The lowest BCUT2D eigenvalue weighted by Crippen LogP contribution is -2.55. The van der Waals surface area contributed by atoms with Gasteiger partial charge in [0.05, 0.1) is 19.1 Å². The Bertz CT molecular complexity index is 744. The molecule has 4 aliphatic carbocycles. The highest BCUT2D eigenvalue weighted by atomic mass is 32.1. The molecule has 4 saturated carbocycles. The number of nitrogens with one attached hydrogen (secondary N) is 2. The summed E-state index contributed by atoms with van der Waals surface area (Å²) in [7, 11) is 1.64. The van der Waals surface area contributed by atoms with E-state index in [-0.39, 0.29) is 11.3 Å². The van der Waals surface area contributed by atoms with Crippen molar-refractivity contribution in [2.45, 2.75) is 58.4 Å². The van der Waals surface area contributed by atoms with Crippen molar-refractivity contribution in [3.8, 4) is 11.5 Å². The summed E-state index contributed by atoms with van der Waals surface area (Å²) in [5.41, 5.74) is 0.846. The van der Waals surface area contributed by atoms with Gasteiger partial charge in [-0.3, -0.25) is 4.79 Å². The smallest absolute Gasteiger partial charge is 0.232 e. The van der Waals surface area contributed by atoms with Crippen LogP contribution >= 0.6 is 12.2 Å². The van der Waals surface area contributed by atoms with E-state index in [1.54, 1.807) is 7.11 Å². The molecule has 4 fully saturated rings. The van der Waals surface area contributed by atoms with Gasteiger partial charge in [-0.25, -0.2) is 0 Å². The van der Waals surface area contributed by atoms with Crippen LogP contribution in [0, 0.1) is 23.2 Å². The zero-order valence-corrected chi connectivity index (χ0v) is 18.3. The van der Waals surface area contributed by atoms with Gasteiger partial charge in [0.25, 0.3) is 0 Å². The number of hydrogen-bond acceptors (Lipinski definition) is 4. The number of carbonyl (C=O) groups excluding carboxylic acids is 1. The molecule has 5 rings (SSSR count). The topological polar surface area (TPSA) is 59.6 Å². The van der Waals surface area contributed by atoms with Crippen LogP contribution in [0.5, 0.6) is 11.5 Å².